The maximum atomic E-state index is 6.90. The van der Waals surface area contributed by atoms with E-state index < -0.39 is 0 Å². The molecule has 0 amide bonds. The average molecular weight is 733 g/mol. The van der Waals surface area contributed by atoms with Crippen LogP contribution in [0.3, 0.4) is 0 Å². The molecule has 3 aromatic heterocycles. The highest BCUT2D eigenvalue weighted by molar-refractivity contribution is 6.22. The smallest absolute Gasteiger partial charge is 0.143 e. The van der Waals surface area contributed by atoms with E-state index in [1.54, 1.807) is 0 Å². The van der Waals surface area contributed by atoms with Crippen LogP contribution in [0.2, 0.25) is 0 Å². The second-order valence-electron chi connectivity index (χ2n) is 14.5. The van der Waals surface area contributed by atoms with Crippen LogP contribution < -0.4 is 9.80 Å². The first-order chi connectivity index (χ1) is 28.3. The van der Waals surface area contributed by atoms with Crippen LogP contribution in [0.25, 0.3) is 76.6 Å². The van der Waals surface area contributed by atoms with Gasteiger partial charge in [-0.1, -0.05) is 103 Å². The van der Waals surface area contributed by atoms with Crippen molar-refractivity contribution in [3.8, 4) is 0 Å². The largest absolute Gasteiger partial charge is 0.456 e. The van der Waals surface area contributed by atoms with Gasteiger partial charge in [0.1, 0.15) is 33.5 Å². The number of hydrogen-bond acceptors (Lipinski definition) is 5. The van der Waals surface area contributed by atoms with E-state index in [9.17, 15) is 0 Å². The number of hydrogen-bond donors (Lipinski definition) is 0. The Morgan fingerprint density at radius 3 is 1.61 bits per heavy atom. The highest BCUT2D eigenvalue weighted by Gasteiger charge is 2.28. The number of nitrogens with zero attached hydrogens (tertiary/aromatic N) is 2. The molecule has 5 nitrogen and oxygen atoms in total. The van der Waals surface area contributed by atoms with Gasteiger partial charge in [0.25, 0.3) is 0 Å². The molecule has 0 aliphatic rings. The zero-order chi connectivity index (χ0) is 37.5. The first-order valence-corrected chi connectivity index (χ1v) is 19.2. The molecule has 0 fully saturated rings. The van der Waals surface area contributed by atoms with Gasteiger partial charge in [-0.2, -0.15) is 0 Å². The minimum Gasteiger partial charge on any atom is -0.456 e. The van der Waals surface area contributed by atoms with Gasteiger partial charge >= 0.3 is 0 Å². The first kappa shape index (κ1) is 31.6. The van der Waals surface area contributed by atoms with E-state index in [0.717, 1.165) is 111 Å². The number of benzene rings is 9. The quantitative estimate of drug-likeness (QED) is 0.170. The summed E-state index contributed by atoms with van der Waals surface area (Å²) in [4.78, 5) is 4.71. The van der Waals surface area contributed by atoms with Crippen molar-refractivity contribution in [2.45, 2.75) is 0 Å². The van der Waals surface area contributed by atoms with E-state index in [1.165, 1.54) is 0 Å². The summed E-state index contributed by atoms with van der Waals surface area (Å²) in [5.74, 6) is 0. The van der Waals surface area contributed by atoms with Gasteiger partial charge in [-0.25, -0.2) is 0 Å². The zero-order valence-corrected chi connectivity index (χ0v) is 30.6. The monoisotopic (exact) mass is 732 g/mol. The number of furan rings is 3. The Hall–Kier alpha value is -7.76. The Balaban J connectivity index is 1.21. The topological polar surface area (TPSA) is 45.9 Å². The van der Waals surface area contributed by atoms with E-state index >= 15 is 0 Å². The van der Waals surface area contributed by atoms with E-state index in [1.807, 2.05) is 24.3 Å². The molecule has 12 aromatic rings. The lowest BCUT2D eigenvalue weighted by molar-refractivity contribution is 0.668. The molecule has 0 unspecified atom stereocenters. The lowest BCUT2D eigenvalue weighted by atomic mass is 10.0. The predicted molar refractivity (Wildman–Crippen MR) is 235 cm³/mol. The molecule has 5 heteroatoms. The number of fused-ring (bicyclic) bond motifs is 11. The van der Waals surface area contributed by atoms with Crippen molar-refractivity contribution in [3.05, 3.63) is 194 Å². The Morgan fingerprint density at radius 2 is 0.842 bits per heavy atom. The molecule has 268 valence electrons. The minimum absolute atomic E-state index is 0.801. The SMILES string of the molecule is c1ccc(N(c2ccc3oc4ccccc4c3c2)c2ccc3oc4c5ccccc5ccc4c3c2N(c2ccccc2)c2ccc3c(c2)oc2ccccc23)cc1. The summed E-state index contributed by atoms with van der Waals surface area (Å²) in [6.45, 7) is 0. The van der Waals surface area contributed by atoms with Gasteiger partial charge in [-0.05, 0) is 90.3 Å². The van der Waals surface area contributed by atoms with Gasteiger partial charge in [-0.15, -0.1) is 0 Å². The van der Waals surface area contributed by atoms with Gasteiger partial charge in [0, 0.05) is 61.1 Å². The van der Waals surface area contributed by atoms with Crippen molar-refractivity contribution < 1.29 is 13.3 Å². The maximum Gasteiger partial charge on any atom is 0.143 e. The number of para-hydroxylation sites is 4. The third-order valence-corrected chi connectivity index (χ3v) is 11.2. The molecular formula is C52H32N2O3. The van der Waals surface area contributed by atoms with Crippen LogP contribution in [0.1, 0.15) is 0 Å². The fraction of sp³-hybridized carbons (Fsp3) is 0. The average Bonchev–Trinajstić information content (AvgIpc) is 3.96. The lowest BCUT2D eigenvalue weighted by Crippen LogP contribution is -2.17. The van der Waals surface area contributed by atoms with Crippen LogP contribution >= 0.6 is 0 Å². The van der Waals surface area contributed by atoms with Gasteiger partial charge in [0.2, 0.25) is 0 Å². The van der Waals surface area contributed by atoms with Crippen LogP contribution in [0.15, 0.2) is 207 Å². The molecule has 0 N–H and O–H groups in total. The van der Waals surface area contributed by atoms with Crippen LogP contribution in [-0.2, 0) is 0 Å². The minimum atomic E-state index is 0.801. The molecule has 0 bridgehead atoms. The fourth-order valence-corrected chi connectivity index (χ4v) is 8.67. The Morgan fingerprint density at radius 1 is 0.298 bits per heavy atom. The normalized spacial score (nSPS) is 11.9. The number of rotatable bonds is 6. The molecule has 0 aliphatic carbocycles. The van der Waals surface area contributed by atoms with Crippen molar-refractivity contribution >= 4 is 111 Å². The Kier molecular flexibility index (Phi) is 6.86. The summed E-state index contributed by atoms with van der Waals surface area (Å²) in [5, 5.41) is 8.57. The summed E-state index contributed by atoms with van der Waals surface area (Å²) in [5.41, 5.74) is 11.0. The predicted octanol–water partition coefficient (Wildman–Crippen LogP) is 15.5. The van der Waals surface area contributed by atoms with Crippen LogP contribution in [-0.4, -0.2) is 0 Å². The fourth-order valence-electron chi connectivity index (χ4n) is 8.67. The van der Waals surface area contributed by atoms with E-state index in [4.69, 9.17) is 13.3 Å². The second-order valence-corrected chi connectivity index (χ2v) is 14.5. The summed E-state index contributed by atoms with van der Waals surface area (Å²) in [6.07, 6.45) is 0. The van der Waals surface area contributed by atoms with E-state index in [-0.39, 0.29) is 0 Å². The van der Waals surface area contributed by atoms with E-state index in [0.29, 0.717) is 0 Å². The molecular weight excluding hydrogens is 701 g/mol. The first-order valence-electron chi connectivity index (χ1n) is 19.2. The third kappa shape index (κ3) is 4.89. The van der Waals surface area contributed by atoms with Crippen molar-refractivity contribution in [1.82, 2.24) is 0 Å². The molecule has 9 aromatic carbocycles. The molecule has 12 rings (SSSR count). The molecule has 0 saturated carbocycles. The van der Waals surface area contributed by atoms with Crippen LogP contribution in [0.5, 0.6) is 0 Å². The maximum absolute atomic E-state index is 6.90. The molecule has 57 heavy (non-hydrogen) atoms. The molecule has 0 atom stereocenters. The molecule has 3 heterocycles. The Labute approximate surface area is 326 Å². The molecule has 0 aliphatic heterocycles. The third-order valence-electron chi connectivity index (χ3n) is 11.2. The summed E-state index contributed by atoms with van der Waals surface area (Å²) < 4.78 is 19.7. The highest BCUT2D eigenvalue weighted by atomic mass is 16.3. The lowest BCUT2D eigenvalue weighted by Gasteiger charge is -2.33. The van der Waals surface area contributed by atoms with Crippen molar-refractivity contribution in [3.63, 3.8) is 0 Å². The van der Waals surface area contributed by atoms with Crippen LogP contribution in [0.4, 0.5) is 34.1 Å². The summed E-state index contributed by atoms with van der Waals surface area (Å²) >= 11 is 0. The zero-order valence-electron chi connectivity index (χ0n) is 30.6. The number of anilines is 6. The van der Waals surface area contributed by atoms with Gasteiger partial charge in [0.05, 0.1) is 16.8 Å². The Bertz CT molecular complexity index is 3490. The molecule has 0 spiro atoms. The van der Waals surface area contributed by atoms with Gasteiger partial charge in [-0.3, -0.25) is 0 Å². The highest BCUT2D eigenvalue weighted by Crippen LogP contribution is 2.52. The summed E-state index contributed by atoms with van der Waals surface area (Å²) in [6, 6.07) is 67.8. The van der Waals surface area contributed by atoms with Crippen molar-refractivity contribution in [2.75, 3.05) is 9.80 Å². The van der Waals surface area contributed by atoms with Crippen LogP contribution in [0, 0.1) is 0 Å². The van der Waals surface area contributed by atoms with Crippen molar-refractivity contribution in [1.29, 1.82) is 0 Å². The van der Waals surface area contributed by atoms with Gasteiger partial charge in [0.15, 0.2) is 0 Å². The van der Waals surface area contributed by atoms with E-state index in [2.05, 4.69) is 180 Å². The summed E-state index contributed by atoms with van der Waals surface area (Å²) in [7, 11) is 0. The molecule has 0 radical (unpaired) electrons. The molecule has 0 saturated heterocycles. The van der Waals surface area contributed by atoms with Gasteiger partial charge < -0.3 is 23.1 Å². The second kappa shape index (κ2) is 12.4. The standard InChI is InChI=1S/C52H32N2O3/c1-3-14-34(15-4-1)53(36-25-29-47-43(31-36)40-20-10-12-22-46(40)55-47)44-28-30-48-50(42-26-23-33-13-7-8-18-38(33)52(42)57-48)51(44)54(35-16-5-2-6-17-35)37-24-27-41-39-19-9-11-21-45(39)56-49(41)32-37/h1-32H. The van der Waals surface area contributed by atoms with Crippen molar-refractivity contribution in [2.24, 2.45) is 0 Å².